The van der Waals surface area contributed by atoms with Crippen molar-refractivity contribution in [1.29, 1.82) is 0 Å². The van der Waals surface area contributed by atoms with E-state index in [1.807, 2.05) is 30.3 Å². The van der Waals surface area contributed by atoms with Gasteiger partial charge in [-0.05, 0) is 30.9 Å². The molecule has 1 aromatic carbocycles. The molecule has 1 fully saturated rings. The molecule has 1 aliphatic carbocycles. The summed E-state index contributed by atoms with van der Waals surface area (Å²) >= 11 is 0. The van der Waals surface area contributed by atoms with E-state index in [-0.39, 0.29) is 24.4 Å². The van der Waals surface area contributed by atoms with E-state index >= 15 is 0 Å². The maximum Gasteiger partial charge on any atom is 0.227 e. The Morgan fingerprint density at radius 3 is 2.60 bits per heavy atom. The monoisotopic (exact) mass is 207 g/mol. The fraction of sp³-hybridized carbons (Fsp3) is 0.417. The molecule has 15 heavy (non-hydrogen) atoms. The Morgan fingerprint density at radius 2 is 2.07 bits per heavy atom. The van der Waals surface area contributed by atoms with Crippen LogP contribution in [0.1, 0.15) is 12.8 Å². The Hall–Kier alpha value is -1.38. The minimum Gasteiger partial charge on any atom is -0.326 e. The summed E-state index contributed by atoms with van der Waals surface area (Å²) in [5.74, 6) is -0.237. The van der Waals surface area contributed by atoms with Crippen molar-refractivity contribution in [2.45, 2.75) is 12.8 Å². The number of amides is 1. The summed E-state index contributed by atoms with van der Waals surface area (Å²) in [6.45, 7) is -0.382. The largest absolute Gasteiger partial charge is 0.326 e. The van der Waals surface area contributed by atoms with Crippen molar-refractivity contribution in [3.05, 3.63) is 30.3 Å². The number of carbonyl (C=O) groups excluding carboxylic acids is 1. The zero-order valence-corrected chi connectivity index (χ0v) is 8.45. The highest BCUT2D eigenvalue weighted by molar-refractivity contribution is 5.93. The van der Waals surface area contributed by atoms with E-state index in [9.17, 15) is 9.18 Å². The summed E-state index contributed by atoms with van der Waals surface area (Å²) in [4.78, 5) is 11.7. The van der Waals surface area contributed by atoms with Crippen LogP contribution in [0.2, 0.25) is 0 Å². The SMILES string of the molecule is O=C(Nc1ccccc1)[C@@H]1CC[C@H]1CF. The minimum atomic E-state index is -0.382. The molecule has 0 aromatic heterocycles. The van der Waals surface area contributed by atoms with Gasteiger partial charge in [0.1, 0.15) is 0 Å². The first-order valence-electron chi connectivity index (χ1n) is 5.23. The van der Waals surface area contributed by atoms with Crippen LogP contribution in [0.5, 0.6) is 0 Å². The second-order valence-corrected chi connectivity index (χ2v) is 3.95. The molecule has 0 unspecified atom stereocenters. The van der Waals surface area contributed by atoms with Crippen molar-refractivity contribution in [3.63, 3.8) is 0 Å². The Kier molecular flexibility index (Phi) is 2.99. The lowest BCUT2D eigenvalue weighted by atomic mass is 9.74. The number of hydrogen-bond acceptors (Lipinski definition) is 1. The molecule has 2 rings (SSSR count). The van der Waals surface area contributed by atoms with Gasteiger partial charge in [-0.1, -0.05) is 18.2 Å². The molecule has 1 aromatic rings. The molecule has 0 heterocycles. The Balaban J connectivity index is 1.93. The molecule has 1 aliphatic rings. The first-order chi connectivity index (χ1) is 7.31. The Labute approximate surface area is 88.5 Å². The van der Waals surface area contributed by atoms with Gasteiger partial charge in [-0.3, -0.25) is 9.18 Å². The van der Waals surface area contributed by atoms with Crippen molar-refractivity contribution in [3.8, 4) is 0 Å². The second kappa shape index (κ2) is 4.43. The average molecular weight is 207 g/mol. The quantitative estimate of drug-likeness (QED) is 0.811. The smallest absolute Gasteiger partial charge is 0.227 e. The molecular weight excluding hydrogens is 193 g/mol. The number of carbonyl (C=O) groups is 1. The van der Waals surface area contributed by atoms with Crippen molar-refractivity contribution in [1.82, 2.24) is 0 Å². The van der Waals surface area contributed by atoms with Gasteiger partial charge in [-0.25, -0.2) is 0 Å². The molecule has 3 heteroatoms. The molecule has 0 bridgehead atoms. The van der Waals surface area contributed by atoms with Gasteiger partial charge in [0, 0.05) is 11.6 Å². The number of benzene rings is 1. The van der Waals surface area contributed by atoms with Gasteiger partial charge in [-0.15, -0.1) is 0 Å². The van der Waals surface area contributed by atoms with E-state index < -0.39 is 0 Å². The standard InChI is InChI=1S/C12H14FNO/c13-8-9-6-7-11(9)12(15)14-10-4-2-1-3-5-10/h1-5,9,11H,6-8H2,(H,14,15)/t9-,11+/m0/s1. The number of anilines is 1. The summed E-state index contributed by atoms with van der Waals surface area (Å²) in [5, 5.41) is 2.80. The molecule has 0 spiro atoms. The van der Waals surface area contributed by atoms with Crippen LogP contribution in [0.4, 0.5) is 10.1 Å². The fourth-order valence-corrected chi connectivity index (χ4v) is 1.86. The van der Waals surface area contributed by atoms with Gasteiger partial charge >= 0.3 is 0 Å². The van der Waals surface area contributed by atoms with E-state index in [1.54, 1.807) is 0 Å². The summed E-state index contributed by atoms with van der Waals surface area (Å²) in [7, 11) is 0. The van der Waals surface area contributed by atoms with Crippen molar-refractivity contribution in [2.24, 2.45) is 11.8 Å². The fourth-order valence-electron chi connectivity index (χ4n) is 1.86. The van der Waals surface area contributed by atoms with Crippen LogP contribution >= 0.6 is 0 Å². The van der Waals surface area contributed by atoms with Crippen LogP contribution < -0.4 is 5.32 Å². The van der Waals surface area contributed by atoms with Gasteiger partial charge in [0.2, 0.25) is 5.91 Å². The molecule has 2 atom stereocenters. The van der Waals surface area contributed by atoms with Crippen molar-refractivity contribution < 1.29 is 9.18 Å². The topological polar surface area (TPSA) is 29.1 Å². The maximum absolute atomic E-state index is 12.4. The summed E-state index contributed by atoms with van der Waals surface area (Å²) < 4.78 is 12.4. The van der Waals surface area contributed by atoms with Crippen LogP contribution in [0.15, 0.2) is 30.3 Å². The van der Waals surface area contributed by atoms with Crippen LogP contribution in [0.3, 0.4) is 0 Å². The molecule has 1 saturated carbocycles. The van der Waals surface area contributed by atoms with Gasteiger partial charge in [0.15, 0.2) is 0 Å². The van der Waals surface area contributed by atoms with Crippen LogP contribution in [0.25, 0.3) is 0 Å². The van der Waals surface area contributed by atoms with Gasteiger partial charge in [0.25, 0.3) is 0 Å². The number of alkyl halides is 1. The van der Waals surface area contributed by atoms with Crippen LogP contribution in [0, 0.1) is 11.8 Å². The van der Waals surface area contributed by atoms with E-state index in [0.29, 0.717) is 0 Å². The molecular formula is C12H14FNO. The molecule has 80 valence electrons. The lowest BCUT2D eigenvalue weighted by molar-refractivity contribution is -0.125. The summed E-state index contributed by atoms with van der Waals surface area (Å²) in [6, 6.07) is 9.29. The lowest BCUT2D eigenvalue weighted by Crippen LogP contribution is -2.37. The predicted molar refractivity (Wildman–Crippen MR) is 57.3 cm³/mol. The lowest BCUT2D eigenvalue weighted by Gasteiger charge is -2.33. The molecule has 0 aliphatic heterocycles. The van der Waals surface area contributed by atoms with Crippen LogP contribution in [-0.2, 0) is 4.79 Å². The first kappa shape index (κ1) is 10.1. The number of rotatable bonds is 3. The molecule has 1 N–H and O–H groups in total. The van der Waals surface area contributed by atoms with Crippen LogP contribution in [-0.4, -0.2) is 12.6 Å². The average Bonchev–Trinajstić information content (AvgIpc) is 2.18. The van der Waals surface area contributed by atoms with Gasteiger partial charge in [0.05, 0.1) is 6.67 Å². The normalized spacial score (nSPS) is 24.3. The van der Waals surface area contributed by atoms with Crippen molar-refractivity contribution >= 4 is 11.6 Å². The van der Waals surface area contributed by atoms with Crippen molar-refractivity contribution in [2.75, 3.05) is 12.0 Å². The van der Waals surface area contributed by atoms with Gasteiger partial charge < -0.3 is 5.32 Å². The minimum absolute atomic E-state index is 0.0462. The Morgan fingerprint density at radius 1 is 1.33 bits per heavy atom. The zero-order valence-electron chi connectivity index (χ0n) is 8.45. The highest BCUT2D eigenvalue weighted by Gasteiger charge is 2.36. The highest BCUT2D eigenvalue weighted by atomic mass is 19.1. The third-order valence-electron chi connectivity index (χ3n) is 2.99. The zero-order chi connectivity index (χ0) is 10.7. The third kappa shape index (κ3) is 2.17. The molecule has 0 radical (unpaired) electrons. The molecule has 2 nitrogen and oxygen atoms in total. The number of nitrogens with one attached hydrogen (secondary N) is 1. The maximum atomic E-state index is 12.4. The summed E-state index contributed by atoms with van der Waals surface area (Å²) in [5.41, 5.74) is 0.784. The van der Waals surface area contributed by atoms with E-state index in [0.717, 1.165) is 18.5 Å². The second-order valence-electron chi connectivity index (χ2n) is 3.95. The van der Waals surface area contributed by atoms with Gasteiger partial charge in [-0.2, -0.15) is 0 Å². The predicted octanol–water partition coefficient (Wildman–Crippen LogP) is 2.62. The number of para-hydroxylation sites is 1. The summed E-state index contributed by atoms with van der Waals surface area (Å²) in [6.07, 6.45) is 1.65. The third-order valence-corrected chi connectivity index (χ3v) is 2.99. The molecule has 1 amide bonds. The van der Waals surface area contributed by atoms with E-state index in [2.05, 4.69) is 5.32 Å². The molecule has 0 saturated heterocycles. The Bertz CT molecular complexity index is 337. The van der Waals surface area contributed by atoms with E-state index in [1.165, 1.54) is 0 Å². The number of hydrogen-bond donors (Lipinski definition) is 1. The first-order valence-corrected chi connectivity index (χ1v) is 5.23. The highest BCUT2D eigenvalue weighted by Crippen LogP contribution is 2.35. The van der Waals surface area contributed by atoms with E-state index in [4.69, 9.17) is 0 Å². The number of halogens is 1.